The van der Waals surface area contributed by atoms with Crippen LogP contribution in [0.1, 0.15) is 25.3 Å². The maximum Gasteiger partial charge on any atom is 0.119 e. The average Bonchev–Trinajstić information content (AvgIpc) is 2.18. The van der Waals surface area contributed by atoms with E-state index in [0.29, 0.717) is 5.92 Å². The lowest BCUT2D eigenvalue weighted by atomic mass is 10.0. The van der Waals surface area contributed by atoms with Gasteiger partial charge in [-0.1, -0.05) is 26.0 Å². The Labute approximate surface area is 92.9 Å². The summed E-state index contributed by atoms with van der Waals surface area (Å²) in [7, 11) is 4.09. The van der Waals surface area contributed by atoms with Crippen LogP contribution in [0, 0.1) is 0 Å². The van der Waals surface area contributed by atoms with Crippen LogP contribution in [0.4, 0.5) is 0 Å². The Morgan fingerprint density at radius 3 is 2.20 bits per heavy atom. The maximum atomic E-state index is 5.61. The molecular formula is C13H21NO. The Hall–Kier alpha value is -1.02. The number of hydrogen-bond acceptors (Lipinski definition) is 2. The third-order valence-electron chi connectivity index (χ3n) is 2.35. The van der Waals surface area contributed by atoms with Gasteiger partial charge in [-0.3, -0.25) is 0 Å². The van der Waals surface area contributed by atoms with Crippen LogP contribution in [0.2, 0.25) is 0 Å². The molecule has 0 bridgehead atoms. The zero-order valence-corrected chi connectivity index (χ0v) is 10.2. The Balaban J connectivity index is 2.43. The van der Waals surface area contributed by atoms with Crippen molar-refractivity contribution in [2.24, 2.45) is 0 Å². The van der Waals surface area contributed by atoms with E-state index in [4.69, 9.17) is 4.74 Å². The SMILES string of the molecule is CC(C)c1ccc(OCCN(C)C)cc1. The van der Waals surface area contributed by atoms with E-state index in [1.807, 2.05) is 26.2 Å². The van der Waals surface area contributed by atoms with Gasteiger partial charge in [-0.15, -0.1) is 0 Å². The molecule has 0 radical (unpaired) electrons. The first-order valence-electron chi connectivity index (χ1n) is 5.47. The van der Waals surface area contributed by atoms with Crippen molar-refractivity contribution in [3.8, 4) is 5.75 Å². The molecule has 0 saturated heterocycles. The second-order valence-electron chi connectivity index (χ2n) is 4.38. The summed E-state index contributed by atoms with van der Waals surface area (Å²) in [5.41, 5.74) is 1.36. The molecule has 2 heteroatoms. The molecule has 0 N–H and O–H groups in total. The summed E-state index contributed by atoms with van der Waals surface area (Å²) < 4.78 is 5.61. The number of benzene rings is 1. The lowest BCUT2D eigenvalue weighted by Gasteiger charge is -2.11. The van der Waals surface area contributed by atoms with E-state index < -0.39 is 0 Å². The Morgan fingerprint density at radius 1 is 1.13 bits per heavy atom. The van der Waals surface area contributed by atoms with Crippen LogP contribution in [0.15, 0.2) is 24.3 Å². The average molecular weight is 207 g/mol. The molecule has 2 nitrogen and oxygen atoms in total. The quantitative estimate of drug-likeness (QED) is 0.736. The van der Waals surface area contributed by atoms with E-state index in [1.165, 1.54) is 5.56 Å². The number of ether oxygens (including phenoxy) is 1. The highest BCUT2D eigenvalue weighted by molar-refractivity contribution is 5.28. The van der Waals surface area contributed by atoms with Crippen molar-refractivity contribution in [3.63, 3.8) is 0 Å². The lowest BCUT2D eigenvalue weighted by Crippen LogP contribution is -2.19. The van der Waals surface area contributed by atoms with Gasteiger partial charge < -0.3 is 9.64 Å². The third-order valence-corrected chi connectivity index (χ3v) is 2.35. The summed E-state index contributed by atoms with van der Waals surface area (Å²) in [5, 5.41) is 0. The van der Waals surface area contributed by atoms with Gasteiger partial charge in [0.15, 0.2) is 0 Å². The minimum atomic E-state index is 0.584. The Bertz CT molecular complexity index is 277. The van der Waals surface area contributed by atoms with Crippen LogP contribution >= 0.6 is 0 Å². The first kappa shape index (κ1) is 12.1. The highest BCUT2D eigenvalue weighted by atomic mass is 16.5. The number of rotatable bonds is 5. The molecule has 0 saturated carbocycles. The van der Waals surface area contributed by atoms with Crippen molar-refractivity contribution in [2.75, 3.05) is 27.2 Å². The minimum absolute atomic E-state index is 0.584. The topological polar surface area (TPSA) is 12.5 Å². The summed E-state index contributed by atoms with van der Waals surface area (Å²) >= 11 is 0. The fraction of sp³-hybridized carbons (Fsp3) is 0.538. The zero-order chi connectivity index (χ0) is 11.3. The molecule has 0 heterocycles. The van der Waals surface area contributed by atoms with Crippen LogP contribution in [-0.2, 0) is 0 Å². The monoisotopic (exact) mass is 207 g/mol. The highest BCUT2D eigenvalue weighted by Gasteiger charge is 1.99. The molecule has 0 aliphatic carbocycles. The van der Waals surface area contributed by atoms with Gasteiger partial charge in [-0.25, -0.2) is 0 Å². The smallest absolute Gasteiger partial charge is 0.119 e. The molecule has 1 rings (SSSR count). The number of nitrogens with zero attached hydrogens (tertiary/aromatic N) is 1. The first-order valence-corrected chi connectivity index (χ1v) is 5.47. The van der Waals surface area contributed by atoms with Crippen molar-refractivity contribution in [1.82, 2.24) is 4.90 Å². The van der Waals surface area contributed by atoms with Gasteiger partial charge in [0.1, 0.15) is 12.4 Å². The molecule has 15 heavy (non-hydrogen) atoms. The molecule has 0 aromatic heterocycles. The standard InChI is InChI=1S/C13H21NO/c1-11(2)12-5-7-13(8-6-12)15-10-9-14(3)4/h5-8,11H,9-10H2,1-4H3. The largest absolute Gasteiger partial charge is 0.492 e. The van der Waals surface area contributed by atoms with E-state index >= 15 is 0 Å². The van der Waals surface area contributed by atoms with Gasteiger partial charge in [-0.05, 0) is 37.7 Å². The van der Waals surface area contributed by atoms with Gasteiger partial charge in [0.25, 0.3) is 0 Å². The molecule has 0 atom stereocenters. The Kier molecular flexibility index (Phi) is 4.63. The summed E-state index contributed by atoms with van der Waals surface area (Å²) in [6.07, 6.45) is 0. The third kappa shape index (κ3) is 4.34. The second-order valence-corrected chi connectivity index (χ2v) is 4.38. The molecule has 84 valence electrons. The van der Waals surface area contributed by atoms with Crippen molar-refractivity contribution < 1.29 is 4.74 Å². The summed E-state index contributed by atoms with van der Waals surface area (Å²) in [6.45, 7) is 6.09. The summed E-state index contributed by atoms with van der Waals surface area (Å²) in [6, 6.07) is 8.36. The molecule has 0 aliphatic heterocycles. The molecular weight excluding hydrogens is 186 g/mol. The maximum absolute atomic E-state index is 5.61. The van der Waals surface area contributed by atoms with Crippen molar-refractivity contribution in [1.29, 1.82) is 0 Å². The van der Waals surface area contributed by atoms with E-state index in [9.17, 15) is 0 Å². The van der Waals surface area contributed by atoms with Gasteiger partial charge in [0.2, 0.25) is 0 Å². The molecule has 0 fully saturated rings. The van der Waals surface area contributed by atoms with Crippen LogP contribution in [-0.4, -0.2) is 32.1 Å². The van der Waals surface area contributed by atoms with Gasteiger partial charge in [0, 0.05) is 6.54 Å². The van der Waals surface area contributed by atoms with E-state index in [2.05, 4.69) is 30.9 Å². The van der Waals surface area contributed by atoms with Crippen molar-refractivity contribution >= 4 is 0 Å². The van der Waals surface area contributed by atoms with Crippen LogP contribution < -0.4 is 4.74 Å². The van der Waals surface area contributed by atoms with Crippen LogP contribution in [0.3, 0.4) is 0 Å². The Morgan fingerprint density at radius 2 is 1.73 bits per heavy atom. The van der Waals surface area contributed by atoms with E-state index in [-0.39, 0.29) is 0 Å². The molecule has 1 aromatic carbocycles. The van der Waals surface area contributed by atoms with Crippen LogP contribution in [0.25, 0.3) is 0 Å². The van der Waals surface area contributed by atoms with Crippen molar-refractivity contribution in [2.45, 2.75) is 19.8 Å². The fourth-order valence-corrected chi connectivity index (χ4v) is 1.30. The molecule has 0 unspecified atom stereocenters. The van der Waals surface area contributed by atoms with Gasteiger partial charge >= 0.3 is 0 Å². The summed E-state index contributed by atoms with van der Waals surface area (Å²) in [5.74, 6) is 1.54. The predicted molar refractivity (Wildman–Crippen MR) is 64.6 cm³/mol. The minimum Gasteiger partial charge on any atom is -0.492 e. The normalized spacial score (nSPS) is 11.1. The lowest BCUT2D eigenvalue weighted by molar-refractivity contribution is 0.261. The zero-order valence-electron chi connectivity index (χ0n) is 10.2. The second kappa shape index (κ2) is 5.76. The fourth-order valence-electron chi connectivity index (χ4n) is 1.30. The first-order chi connectivity index (χ1) is 7.09. The van der Waals surface area contributed by atoms with Gasteiger partial charge in [0.05, 0.1) is 0 Å². The number of likely N-dealkylation sites (N-methyl/N-ethyl adjacent to an activating group) is 1. The molecule has 0 spiro atoms. The van der Waals surface area contributed by atoms with E-state index in [0.717, 1.165) is 18.9 Å². The van der Waals surface area contributed by atoms with E-state index in [1.54, 1.807) is 0 Å². The number of hydrogen-bond donors (Lipinski definition) is 0. The predicted octanol–water partition coefficient (Wildman–Crippen LogP) is 2.75. The molecule has 0 amide bonds. The van der Waals surface area contributed by atoms with Crippen LogP contribution in [0.5, 0.6) is 5.75 Å². The highest BCUT2D eigenvalue weighted by Crippen LogP contribution is 2.18. The summed E-state index contributed by atoms with van der Waals surface area (Å²) in [4.78, 5) is 2.11. The van der Waals surface area contributed by atoms with Crippen molar-refractivity contribution in [3.05, 3.63) is 29.8 Å². The molecule has 0 aliphatic rings. The molecule has 1 aromatic rings. The van der Waals surface area contributed by atoms with Gasteiger partial charge in [-0.2, -0.15) is 0 Å².